The Morgan fingerprint density at radius 2 is 1.84 bits per heavy atom. The first-order valence-electron chi connectivity index (χ1n) is 7.84. The summed E-state index contributed by atoms with van der Waals surface area (Å²) in [7, 11) is 0. The molecule has 2 N–H and O–H groups in total. The first-order valence-corrected chi connectivity index (χ1v) is 7.84. The highest BCUT2D eigenvalue weighted by Crippen LogP contribution is 2.44. The van der Waals surface area contributed by atoms with Gasteiger partial charge in [-0.25, -0.2) is 0 Å². The average molecular weight is 269 g/mol. The predicted molar refractivity (Wildman–Crippen MR) is 78.3 cm³/mol. The van der Waals surface area contributed by atoms with Gasteiger partial charge in [-0.2, -0.15) is 0 Å². The fourth-order valence-corrected chi connectivity index (χ4v) is 3.51. The molecule has 2 aliphatic rings. The molecule has 0 aromatic carbocycles. The van der Waals surface area contributed by atoms with Gasteiger partial charge in [-0.1, -0.05) is 12.8 Å². The van der Waals surface area contributed by atoms with E-state index in [2.05, 4.69) is 26.1 Å². The molecule has 0 bridgehead atoms. The predicted octanol–water partition coefficient (Wildman–Crippen LogP) is 2.86. The Balaban J connectivity index is 1.95. The monoisotopic (exact) mass is 269 g/mol. The van der Waals surface area contributed by atoms with Crippen LogP contribution in [0.25, 0.3) is 0 Å². The van der Waals surface area contributed by atoms with Crippen molar-refractivity contribution < 1.29 is 9.84 Å². The smallest absolute Gasteiger partial charge is 0.0773 e. The van der Waals surface area contributed by atoms with Gasteiger partial charge in [-0.15, -0.1) is 0 Å². The van der Waals surface area contributed by atoms with Crippen molar-refractivity contribution >= 4 is 0 Å². The lowest BCUT2D eigenvalue weighted by Gasteiger charge is -2.44. The summed E-state index contributed by atoms with van der Waals surface area (Å²) in [6.45, 7) is 9.90. The van der Waals surface area contributed by atoms with Crippen molar-refractivity contribution in [2.75, 3.05) is 13.2 Å². The molecule has 0 aromatic heterocycles. The number of hydrogen-bond acceptors (Lipinski definition) is 3. The quantitative estimate of drug-likeness (QED) is 0.828. The lowest BCUT2D eigenvalue weighted by Crippen LogP contribution is -2.53. The summed E-state index contributed by atoms with van der Waals surface area (Å²) in [5.41, 5.74) is -0.485. The zero-order valence-electron chi connectivity index (χ0n) is 13.1. The summed E-state index contributed by atoms with van der Waals surface area (Å²) in [5.74, 6) is 0.356. The summed E-state index contributed by atoms with van der Waals surface area (Å²) >= 11 is 0. The van der Waals surface area contributed by atoms with Gasteiger partial charge in [0.1, 0.15) is 0 Å². The van der Waals surface area contributed by atoms with Crippen molar-refractivity contribution in [2.45, 2.75) is 83.0 Å². The summed E-state index contributed by atoms with van der Waals surface area (Å²) in [4.78, 5) is 0. The van der Waals surface area contributed by atoms with Gasteiger partial charge in [0.2, 0.25) is 0 Å². The Labute approximate surface area is 118 Å². The number of ether oxygens (including phenoxy) is 1. The largest absolute Gasteiger partial charge is 0.389 e. The van der Waals surface area contributed by atoms with E-state index in [1.807, 2.05) is 6.92 Å². The van der Waals surface area contributed by atoms with Crippen LogP contribution < -0.4 is 5.32 Å². The van der Waals surface area contributed by atoms with Crippen molar-refractivity contribution in [1.29, 1.82) is 0 Å². The van der Waals surface area contributed by atoms with Gasteiger partial charge >= 0.3 is 0 Å². The van der Waals surface area contributed by atoms with E-state index in [1.54, 1.807) is 0 Å². The standard InChI is InChI=1S/C16H31NO2/c1-14(2,3)17-12-15(4,18)13-7-10-19-16(11-13)8-5-6-9-16/h13,17-18H,5-12H2,1-4H3. The molecule has 1 saturated carbocycles. The number of β-amino-alcohol motifs (C(OH)–C–C–N with tert-alkyl or cyclic N) is 1. The maximum Gasteiger partial charge on any atom is 0.0773 e. The summed E-state index contributed by atoms with van der Waals surface area (Å²) in [6, 6.07) is 0. The van der Waals surface area contributed by atoms with Gasteiger partial charge < -0.3 is 15.2 Å². The third-order valence-electron chi connectivity index (χ3n) is 4.86. The van der Waals surface area contributed by atoms with Crippen molar-refractivity contribution in [2.24, 2.45) is 5.92 Å². The van der Waals surface area contributed by atoms with Crippen LogP contribution in [0.5, 0.6) is 0 Å². The normalized spacial score (nSPS) is 30.5. The molecule has 1 saturated heterocycles. The van der Waals surface area contributed by atoms with Crippen LogP contribution in [0, 0.1) is 5.92 Å². The van der Waals surface area contributed by atoms with Gasteiger partial charge in [0, 0.05) is 18.7 Å². The van der Waals surface area contributed by atoms with Gasteiger partial charge in [0.15, 0.2) is 0 Å². The van der Waals surface area contributed by atoms with Crippen LogP contribution in [0.3, 0.4) is 0 Å². The van der Waals surface area contributed by atoms with Gasteiger partial charge in [-0.3, -0.25) is 0 Å². The van der Waals surface area contributed by atoms with E-state index in [1.165, 1.54) is 25.7 Å². The zero-order chi connectivity index (χ0) is 14.1. The zero-order valence-corrected chi connectivity index (χ0v) is 13.1. The molecule has 1 spiro atoms. The molecular weight excluding hydrogens is 238 g/mol. The van der Waals surface area contributed by atoms with Gasteiger partial charge in [0.05, 0.1) is 11.2 Å². The second-order valence-corrected chi connectivity index (χ2v) is 7.89. The van der Waals surface area contributed by atoms with E-state index < -0.39 is 5.60 Å². The molecule has 112 valence electrons. The lowest BCUT2D eigenvalue weighted by atomic mass is 9.75. The van der Waals surface area contributed by atoms with E-state index in [9.17, 15) is 5.11 Å². The first-order chi connectivity index (χ1) is 8.73. The molecule has 0 amide bonds. The molecule has 0 aromatic rings. The second-order valence-electron chi connectivity index (χ2n) is 7.89. The van der Waals surface area contributed by atoms with Crippen LogP contribution in [0.2, 0.25) is 0 Å². The highest BCUT2D eigenvalue weighted by atomic mass is 16.5. The van der Waals surface area contributed by atoms with E-state index >= 15 is 0 Å². The maximum atomic E-state index is 10.8. The molecule has 2 fully saturated rings. The van der Waals surface area contributed by atoms with Gasteiger partial charge in [-0.05, 0) is 59.3 Å². The average Bonchev–Trinajstić information content (AvgIpc) is 2.74. The fourth-order valence-electron chi connectivity index (χ4n) is 3.51. The van der Waals surface area contributed by atoms with E-state index in [0.717, 1.165) is 19.4 Å². The number of nitrogens with one attached hydrogen (secondary N) is 1. The molecule has 3 nitrogen and oxygen atoms in total. The molecule has 19 heavy (non-hydrogen) atoms. The summed E-state index contributed by atoms with van der Waals surface area (Å²) in [5, 5.41) is 14.3. The molecule has 0 radical (unpaired) electrons. The summed E-state index contributed by atoms with van der Waals surface area (Å²) in [6.07, 6.45) is 6.97. The number of aliphatic hydroxyl groups is 1. The Kier molecular flexibility index (Phi) is 4.29. The molecule has 3 heteroatoms. The third kappa shape index (κ3) is 3.93. The first kappa shape index (κ1) is 15.3. The van der Waals surface area contributed by atoms with Crippen LogP contribution in [-0.2, 0) is 4.74 Å². The SMILES string of the molecule is CC(C)(C)NCC(C)(O)C1CCOC2(CCCC2)C1. The van der Waals surface area contributed by atoms with Crippen LogP contribution in [0.15, 0.2) is 0 Å². The molecule has 2 rings (SSSR count). The van der Waals surface area contributed by atoms with Crippen LogP contribution in [-0.4, -0.2) is 35.0 Å². The van der Waals surface area contributed by atoms with E-state index in [4.69, 9.17) is 4.74 Å². The van der Waals surface area contributed by atoms with Crippen LogP contribution in [0.4, 0.5) is 0 Å². The Bertz CT molecular complexity index is 300. The van der Waals surface area contributed by atoms with Crippen molar-refractivity contribution in [3.8, 4) is 0 Å². The highest BCUT2D eigenvalue weighted by Gasteiger charge is 2.45. The number of rotatable bonds is 3. The number of hydrogen-bond donors (Lipinski definition) is 2. The van der Waals surface area contributed by atoms with Gasteiger partial charge in [0.25, 0.3) is 0 Å². The Morgan fingerprint density at radius 1 is 1.21 bits per heavy atom. The van der Waals surface area contributed by atoms with E-state index in [0.29, 0.717) is 12.5 Å². The highest BCUT2D eigenvalue weighted by molar-refractivity contribution is 4.97. The van der Waals surface area contributed by atoms with Crippen molar-refractivity contribution in [3.05, 3.63) is 0 Å². The topological polar surface area (TPSA) is 41.5 Å². The third-order valence-corrected chi connectivity index (χ3v) is 4.86. The minimum atomic E-state index is -0.632. The Morgan fingerprint density at radius 3 is 2.42 bits per heavy atom. The molecular formula is C16H31NO2. The van der Waals surface area contributed by atoms with Crippen LogP contribution in [0.1, 0.15) is 66.2 Å². The Hall–Kier alpha value is -0.120. The molecule has 2 atom stereocenters. The molecule has 1 aliphatic heterocycles. The minimum absolute atomic E-state index is 0.0558. The van der Waals surface area contributed by atoms with Crippen molar-refractivity contribution in [3.63, 3.8) is 0 Å². The minimum Gasteiger partial charge on any atom is -0.389 e. The molecule has 2 unspecified atom stereocenters. The maximum absolute atomic E-state index is 10.8. The van der Waals surface area contributed by atoms with E-state index in [-0.39, 0.29) is 11.1 Å². The summed E-state index contributed by atoms with van der Waals surface area (Å²) < 4.78 is 6.07. The van der Waals surface area contributed by atoms with Crippen LogP contribution >= 0.6 is 0 Å². The molecule has 1 aliphatic carbocycles. The molecule has 1 heterocycles. The second kappa shape index (κ2) is 5.34. The van der Waals surface area contributed by atoms with Crippen molar-refractivity contribution in [1.82, 2.24) is 5.32 Å². The lowest BCUT2D eigenvalue weighted by molar-refractivity contribution is -0.135. The fraction of sp³-hybridized carbons (Fsp3) is 1.00.